The second-order valence-electron chi connectivity index (χ2n) is 7.73. The zero-order valence-electron chi connectivity index (χ0n) is 17.0. The minimum Gasteiger partial charge on any atom is -0.364 e. The van der Waals surface area contributed by atoms with Crippen LogP contribution in [0, 0.1) is 10.1 Å². The van der Waals surface area contributed by atoms with E-state index in [4.69, 9.17) is 0 Å². The molecule has 0 N–H and O–H groups in total. The van der Waals surface area contributed by atoms with Crippen molar-refractivity contribution in [3.63, 3.8) is 0 Å². The summed E-state index contributed by atoms with van der Waals surface area (Å²) in [7, 11) is -4.73. The highest BCUT2D eigenvalue weighted by Gasteiger charge is 2.40. The van der Waals surface area contributed by atoms with E-state index in [9.17, 15) is 22.7 Å². The lowest BCUT2D eigenvalue weighted by atomic mass is 10.0. The summed E-state index contributed by atoms with van der Waals surface area (Å²) in [5.74, 6) is 0.451. The van der Waals surface area contributed by atoms with E-state index in [1.165, 1.54) is 16.4 Å². The van der Waals surface area contributed by atoms with Gasteiger partial charge in [-0.05, 0) is 37.8 Å². The summed E-state index contributed by atoms with van der Waals surface area (Å²) >= 11 is 0. The van der Waals surface area contributed by atoms with Crippen LogP contribution in [0.25, 0.3) is 0 Å². The van der Waals surface area contributed by atoms with Gasteiger partial charge in [0.2, 0.25) is 10.0 Å². The lowest BCUT2D eigenvalue weighted by Crippen LogP contribution is -2.53. The summed E-state index contributed by atoms with van der Waals surface area (Å²) < 4.78 is 39.5. The van der Waals surface area contributed by atoms with Crippen LogP contribution in [-0.2, 0) is 20.8 Å². The van der Waals surface area contributed by atoms with Gasteiger partial charge in [0.25, 0.3) is 5.69 Å². The molecule has 2 fully saturated rings. The Bertz CT molecular complexity index is 893. The number of nitrogens with zero attached hydrogens (tertiary/aromatic N) is 3. The van der Waals surface area contributed by atoms with Gasteiger partial charge < -0.3 is 4.90 Å². The van der Waals surface area contributed by atoms with Crippen LogP contribution in [0.5, 0.6) is 0 Å². The van der Waals surface area contributed by atoms with Gasteiger partial charge in [0.15, 0.2) is 0 Å². The van der Waals surface area contributed by atoms with E-state index in [1.54, 1.807) is 6.07 Å². The molecule has 0 radical (unpaired) electrons. The zero-order chi connectivity index (χ0) is 21.2. The molecule has 1 atom stereocenters. The number of benzene rings is 1. The molecule has 2 aliphatic heterocycles. The Balaban J connectivity index is 1.97. The lowest BCUT2D eigenvalue weighted by molar-refractivity contribution is -0.384. The smallest absolute Gasteiger partial charge is 0.293 e. The molecule has 0 amide bonds. The van der Waals surface area contributed by atoms with Crippen LogP contribution in [0.3, 0.4) is 0 Å². The van der Waals surface area contributed by atoms with Crippen LogP contribution in [0.15, 0.2) is 23.1 Å². The standard InChI is InChI=1S/C19H29N3O5S2/c1-3-19(4-2)15-20(12-13-28(19)25)17-9-8-16(14-18(17)22(23)24)29(26,27)21-10-6-5-7-11-21/h8-9,14H,3-7,10-13,15H2,1-2H3. The van der Waals surface area contributed by atoms with Crippen LogP contribution in [0.4, 0.5) is 11.4 Å². The lowest BCUT2D eigenvalue weighted by Gasteiger charge is -2.42. The SMILES string of the molecule is CCC1(CC)CN(c2ccc(S(=O)(=O)N3CCCCC3)cc2[N+](=O)[O-])CCS1=O. The molecule has 0 bridgehead atoms. The third-order valence-corrected chi connectivity index (χ3v) is 10.4. The fourth-order valence-corrected chi connectivity index (χ4v) is 7.54. The topological polar surface area (TPSA) is 101 Å². The van der Waals surface area contributed by atoms with E-state index >= 15 is 0 Å². The molecule has 162 valence electrons. The average molecular weight is 444 g/mol. The summed E-state index contributed by atoms with van der Waals surface area (Å²) in [6, 6.07) is 4.20. The molecule has 10 heteroatoms. The predicted octanol–water partition coefficient (Wildman–Crippen LogP) is 2.90. The molecule has 0 spiro atoms. The van der Waals surface area contributed by atoms with Crippen molar-refractivity contribution in [2.45, 2.75) is 55.6 Å². The van der Waals surface area contributed by atoms with Crippen LogP contribution in [-0.4, -0.2) is 58.5 Å². The number of anilines is 1. The van der Waals surface area contributed by atoms with Crippen molar-refractivity contribution in [3.8, 4) is 0 Å². The number of hydrogen-bond donors (Lipinski definition) is 0. The summed E-state index contributed by atoms with van der Waals surface area (Å²) in [4.78, 5) is 13.1. The molecular formula is C19H29N3O5S2. The summed E-state index contributed by atoms with van der Waals surface area (Å²) in [6.07, 6.45) is 4.06. The van der Waals surface area contributed by atoms with Crippen LogP contribution < -0.4 is 4.90 Å². The van der Waals surface area contributed by atoms with Crippen molar-refractivity contribution in [1.29, 1.82) is 0 Å². The molecule has 2 saturated heterocycles. The van der Waals surface area contributed by atoms with Gasteiger partial charge in [-0.3, -0.25) is 14.3 Å². The fourth-order valence-electron chi connectivity index (χ4n) is 4.24. The Labute approximate surface area is 174 Å². The maximum absolute atomic E-state index is 12.9. The number of nitro groups is 1. The molecular weight excluding hydrogens is 414 g/mol. The van der Waals surface area contributed by atoms with E-state index < -0.39 is 30.5 Å². The molecule has 8 nitrogen and oxygen atoms in total. The van der Waals surface area contributed by atoms with Gasteiger partial charge in [0.05, 0.1) is 14.6 Å². The number of piperidine rings is 1. The predicted molar refractivity (Wildman–Crippen MR) is 114 cm³/mol. The normalized spacial score (nSPS) is 23.1. The van der Waals surface area contributed by atoms with Gasteiger partial charge in [0, 0.05) is 48.8 Å². The molecule has 0 saturated carbocycles. The minimum absolute atomic E-state index is 0.0346. The second-order valence-corrected chi connectivity index (χ2v) is 11.6. The second kappa shape index (κ2) is 8.69. The maximum atomic E-state index is 12.9. The van der Waals surface area contributed by atoms with Gasteiger partial charge in [0.1, 0.15) is 5.69 Å². The first-order valence-electron chi connectivity index (χ1n) is 10.2. The zero-order valence-corrected chi connectivity index (χ0v) is 18.6. The molecule has 2 heterocycles. The Hall–Kier alpha value is -1.52. The van der Waals surface area contributed by atoms with Gasteiger partial charge in [-0.15, -0.1) is 0 Å². The van der Waals surface area contributed by atoms with E-state index in [0.717, 1.165) is 32.1 Å². The summed E-state index contributed by atoms with van der Waals surface area (Å²) in [6.45, 7) is 5.80. The highest BCUT2D eigenvalue weighted by Crippen LogP contribution is 2.37. The van der Waals surface area contributed by atoms with E-state index in [1.807, 2.05) is 18.7 Å². The Morgan fingerprint density at radius 2 is 1.79 bits per heavy atom. The van der Waals surface area contributed by atoms with Crippen LogP contribution >= 0.6 is 0 Å². The van der Waals surface area contributed by atoms with E-state index in [2.05, 4.69) is 0 Å². The highest BCUT2D eigenvalue weighted by molar-refractivity contribution is 7.89. The molecule has 3 rings (SSSR count). The van der Waals surface area contributed by atoms with Gasteiger partial charge >= 0.3 is 0 Å². The van der Waals surface area contributed by atoms with Crippen molar-refractivity contribution in [3.05, 3.63) is 28.3 Å². The fraction of sp³-hybridized carbons (Fsp3) is 0.684. The van der Waals surface area contributed by atoms with Crippen molar-refractivity contribution < 1.29 is 17.6 Å². The van der Waals surface area contributed by atoms with Crippen molar-refractivity contribution in [2.24, 2.45) is 0 Å². The summed E-state index contributed by atoms with van der Waals surface area (Å²) in [5, 5.41) is 11.8. The quantitative estimate of drug-likeness (QED) is 0.495. The Kier molecular flexibility index (Phi) is 6.64. The highest BCUT2D eigenvalue weighted by atomic mass is 32.2. The Morgan fingerprint density at radius 3 is 2.38 bits per heavy atom. The van der Waals surface area contributed by atoms with Crippen LogP contribution in [0.2, 0.25) is 0 Å². The van der Waals surface area contributed by atoms with Crippen molar-refractivity contribution in [2.75, 3.05) is 36.8 Å². The number of rotatable bonds is 6. The van der Waals surface area contributed by atoms with E-state index in [-0.39, 0.29) is 10.6 Å². The van der Waals surface area contributed by atoms with Crippen molar-refractivity contribution in [1.82, 2.24) is 4.31 Å². The monoisotopic (exact) mass is 443 g/mol. The average Bonchev–Trinajstić information content (AvgIpc) is 2.74. The first kappa shape index (κ1) is 22.2. The maximum Gasteiger partial charge on any atom is 0.293 e. The van der Waals surface area contributed by atoms with Crippen LogP contribution in [0.1, 0.15) is 46.0 Å². The van der Waals surface area contributed by atoms with Gasteiger partial charge in [-0.1, -0.05) is 20.3 Å². The largest absolute Gasteiger partial charge is 0.364 e. The third-order valence-electron chi connectivity index (χ3n) is 6.23. The van der Waals surface area contributed by atoms with E-state index in [0.29, 0.717) is 37.6 Å². The van der Waals surface area contributed by atoms with Crippen molar-refractivity contribution >= 4 is 32.2 Å². The van der Waals surface area contributed by atoms with Gasteiger partial charge in [-0.2, -0.15) is 4.31 Å². The number of hydrogen-bond acceptors (Lipinski definition) is 6. The van der Waals surface area contributed by atoms with Gasteiger partial charge in [-0.25, -0.2) is 8.42 Å². The number of sulfonamides is 1. The molecule has 1 unspecified atom stereocenters. The molecule has 2 aliphatic rings. The molecule has 0 aliphatic carbocycles. The number of nitro benzene ring substituents is 1. The molecule has 0 aromatic heterocycles. The third kappa shape index (κ3) is 4.20. The molecule has 1 aromatic rings. The first-order valence-corrected chi connectivity index (χ1v) is 12.9. The molecule has 29 heavy (non-hydrogen) atoms. The summed E-state index contributed by atoms with van der Waals surface area (Å²) in [5.41, 5.74) is 0.187. The minimum atomic E-state index is -3.74. The first-order chi connectivity index (χ1) is 13.7. The Morgan fingerprint density at radius 1 is 1.14 bits per heavy atom. The molecule has 1 aromatic carbocycles.